The van der Waals surface area contributed by atoms with Gasteiger partial charge in [0.25, 0.3) is 5.91 Å². The van der Waals surface area contributed by atoms with Gasteiger partial charge in [0.05, 0.1) is 25.0 Å². The number of carbonyl (C=O) groups excluding carboxylic acids is 1. The first-order valence-corrected chi connectivity index (χ1v) is 8.49. The van der Waals surface area contributed by atoms with Crippen molar-refractivity contribution in [2.24, 2.45) is 0 Å². The molecule has 6 heteroatoms. The maximum atomic E-state index is 12.6. The maximum absolute atomic E-state index is 12.6. The van der Waals surface area contributed by atoms with E-state index in [1.165, 1.54) is 5.56 Å². The molecule has 0 aliphatic rings. The molecule has 1 aromatic carbocycles. The number of aromatic amines is 1. The number of hydrogen-bond donors (Lipinski definition) is 1. The first-order chi connectivity index (χ1) is 12.6. The minimum atomic E-state index is -0.131. The summed E-state index contributed by atoms with van der Waals surface area (Å²) < 4.78 is 5.23. The van der Waals surface area contributed by atoms with Gasteiger partial charge in [-0.05, 0) is 36.2 Å². The van der Waals surface area contributed by atoms with Crippen LogP contribution in [0.15, 0.2) is 48.7 Å². The number of pyridine rings is 1. The molecule has 0 saturated carbocycles. The smallest absolute Gasteiger partial charge is 0.271 e. The van der Waals surface area contributed by atoms with E-state index in [-0.39, 0.29) is 5.91 Å². The lowest BCUT2D eigenvalue weighted by Gasteiger charge is -2.15. The summed E-state index contributed by atoms with van der Waals surface area (Å²) in [6, 6.07) is 13.3. The third kappa shape index (κ3) is 3.91. The molecule has 0 aliphatic heterocycles. The number of H-pyrrole nitrogens is 1. The lowest BCUT2D eigenvalue weighted by atomic mass is 10.1. The highest BCUT2D eigenvalue weighted by Gasteiger charge is 2.16. The van der Waals surface area contributed by atoms with E-state index in [1.54, 1.807) is 25.1 Å². The third-order valence-corrected chi connectivity index (χ3v) is 4.21. The lowest BCUT2D eigenvalue weighted by molar-refractivity contribution is 0.0777. The molecular formula is C20H22N4O2. The van der Waals surface area contributed by atoms with Crippen molar-refractivity contribution in [3.63, 3.8) is 0 Å². The number of benzene rings is 1. The standard InChI is InChI=1S/C20H22N4O2/c1-4-14-8-9-16(21-12-14)13-24(2)20(25)19-11-18(22-23-19)15-6-5-7-17(10-15)26-3/h5-12H,4,13H2,1-3H3,(H,22,23). The second-order valence-corrected chi connectivity index (χ2v) is 6.07. The van der Waals surface area contributed by atoms with Crippen LogP contribution in [0.3, 0.4) is 0 Å². The molecule has 0 aliphatic carbocycles. The molecule has 0 fully saturated rings. The molecule has 2 aromatic heterocycles. The van der Waals surface area contributed by atoms with Crippen molar-refractivity contribution >= 4 is 5.91 Å². The molecule has 0 radical (unpaired) electrons. The topological polar surface area (TPSA) is 71.1 Å². The van der Waals surface area contributed by atoms with Crippen LogP contribution < -0.4 is 4.74 Å². The molecule has 1 N–H and O–H groups in total. The number of nitrogens with zero attached hydrogens (tertiary/aromatic N) is 3. The van der Waals surface area contributed by atoms with Gasteiger partial charge in [-0.1, -0.05) is 25.1 Å². The SMILES string of the molecule is CCc1ccc(CN(C)C(=O)c2cc(-c3cccc(OC)c3)n[nH]2)nc1. The predicted molar refractivity (Wildman–Crippen MR) is 100.0 cm³/mol. The number of rotatable bonds is 6. The molecule has 0 bridgehead atoms. The first kappa shape index (κ1) is 17.7. The van der Waals surface area contributed by atoms with Crippen LogP contribution in [0.4, 0.5) is 0 Å². The normalized spacial score (nSPS) is 10.6. The van der Waals surface area contributed by atoms with E-state index in [9.17, 15) is 4.79 Å². The molecule has 0 atom stereocenters. The summed E-state index contributed by atoms with van der Waals surface area (Å²) >= 11 is 0. The number of aryl methyl sites for hydroxylation is 1. The Morgan fingerprint density at radius 1 is 1.23 bits per heavy atom. The zero-order valence-electron chi connectivity index (χ0n) is 15.2. The molecule has 0 spiro atoms. The molecule has 0 unspecified atom stereocenters. The molecule has 3 rings (SSSR count). The van der Waals surface area contributed by atoms with Crippen LogP contribution in [0.25, 0.3) is 11.3 Å². The number of amides is 1. The summed E-state index contributed by atoms with van der Waals surface area (Å²) in [5, 5.41) is 7.08. The van der Waals surface area contributed by atoms with Gasteiger partial charge in [0.1, 0.15) is 11.4 Å². The van der Waals surface area contributed by atoms with Gasteiger partial charge < -0.3 is 9.64 Å². The Hall–Kier alpha value is -3.15. The van der Waals surface area contributed by atoms with Gasteiger partial charge in [-0.25, -0.2) is 0 Å². The van der Waals surface area contributed by atoms with Gasteiger partial charge >= 0.3 is 0 Å². The van der Waals surface area contributed by atoms with E-state index in [0.29, 0.717) is 17.9 Å². The highest BCUT2D eigenvalue weighted by Crippen LogP contribution is 2.23. The Morgan fingerprint density at radius 3 is 2.77 bits per heavy atom. The number of ether oxygens (including phenoxy) is 1. The van der Waals surface area contributed by atoms with Crippen LogP contribution in [0.5, 0.6) is 5.75 Å². The Kier molecular flexibility index (Phi) is 5.31. The highest BCUT2D eigenvalue weighted by atomic mass is 16.5. The highest BCUT2D eigenvalue weighted by molar-refractivity contribution is 5.93. The molecule has 0 saturated heterocycles. The number of hydrogen-bond acceptors (Lipinski definition) is 4. The summed E-state index contributed by atoms with van der Waals surface area (Å²) in [7, 11) is 3.37. The molecule has 2 heterocycles. The van der Waals surface area contributed by atoms with E-state index in [1.807, 2.05) is 42.6 Å². The fourth-order valence-electron chi connectivity index (χ4n) is 2.64. The summed E-state index contributed by atoms with van der Waals surface area (Å²) in [6.45, 7) is 2.53. The van der Waals surface area contributed by atoms with E-state index in [2.05, 4.69) is 22.1 Å². The average molecular weight is 350 g/mol. The van der Waals surface area contributed by atoms with Crippen molar-refractivity contribution in [3.05, 3.63) is 65.6 Å². The minimum absolute atomic E-state index is 0.131. The van der Waals surface area contributed by atoms with Crippen molar-refractivity contribution in [3.8, 4) is 17.0 Å². The second-order valence-electron chi connectivity index (χ2n) is 6.07. The van der Waals surface area contributed by atoms with E-state index >= 15 is 0 Å². The van der Waals surface area contributed by atoms with Crippen LogP contribution >= 0.6 is 0 Å². The Bertz CT molecular complexity index is 887. The molecular weight excluding hydrogens is 328 g/mol. The van der Waals surface area contributed by atoms with Crippen molar-refractivity contribution in [2.45, 2.75) is 19.9 Å². The van der Waals surface area contributed by atoms with Gasteiger partial charge in [-0.2, -0.15) is 5.10 Å². The lowest BCUT2D eigenvalue weighted by Crippen LogP contribution is -2.26. The summed E-state index contributed by atoms with van der Waals surface area (Å²) in [4.78, 5) is 18.7. The Balaban J connectivity index is 1.72. The number of methoxy groups -OCH3 is 1. The van der Waals surface area contributed by atoms with Crippen LogP contribution in [-0.2, 0) is 13.0 Å². The molecule has 6 nitrogen and oxygen atoms in total. The fourth-order valence-corrected chi connectivity index (χ4v) is 2.64. The average Bonchev–Trinajstić information content (AvgIpc) is 3.18. The molecule has 1 amide bonds. The second kappa shape index (κ2) is 7.82. The van der Waals surface area contributed by atoms with Crippen LogP contribution in [-0.4, -0.2) is 40.1 Å². The summed E-state index contributed by atoms with van der Waals surface area (Å²) in [5.74, 6) is 0.616. The fraction of sp³-hybridized carbons (Fsp3) is 0.250. The van der Waals surface area contributed by atoms with E-state index < -0.39 is 0 Å². The molecule has 134 valence electrons. The van der Waals surface area contributed by atoms with Crippen molar-refractivity contribution in [1.82, 2.24) is 20.1 Å². The van der Waals surface area contributed by atoms with Crippen LogP contribution in [0.1, 0.15) is 28.7 Å². The van der Waals surface area contributed by atoms with Gasteiger partial charge in [-0.15, -0.1) is 0 Å². The van der Waals surface area contributed by atoms with Gasteiger partial charge in [0.2, 0.25) is 0 Å². The largest absolute Gasteiger partial charge is 0.497 e. The van der Waals surface area contributed by atoms with Gasteiger partial charge in [0, 0.05) is 18.8 Å². The monoisotopic (exact) mass is 350 g/mol. The Labute approximate surface area is 152 Å². The maximum Gasteiger partial charge on any atom is 0.271 e. The first-order valence-electron chi connectivity index (χ1n) is 8.49. The Morgan fingerprint density at radius 2 is 2.08 bits per heavy atom. The predicted octanol–water partition coefficient (Wildman–Crippen LogP) is 3.31. The zero-order valence-corrected chi connectivity index (χ0v) is 15.2. The molecule has 3 aromatic rings. The minimum Gasteiger partial charge on any atom is -0.497 e. The van der Waals surface area contributed by atoms with Crippen LogP contribution in [0, 0.1) is 0 Å². The summed E-state index contributed by atoms with van der Waals surface area (Å²) in [5.41, 5.74) is 4.06. The molecule has 26 heavy (non-hydrogen) atoms. The van der Waals surface area contributed by atoms with Crippen molar-refractivity contribution < 1.29 is 9.53 Å². The number of carbonyl (C=O) groups is 1. The van der Waals surface area contributed by atoms with E-state index in [0.717, 1.165) is 23.4 Å². The summed E-state index contributed by atoms with van der Waals surface area (Å²) in [6.07, 6.45) is 2.80. The third-order valence-electron chi connectivity index (χ3n) is 4.21. The zero-order chi connectivity index (χ0) is 18.5. The van der Waals surface area contributed by atoms with Crippen molar-refractivity contribution in [1.29, 1.82) is 0 Å². The van der Waals surface area contributed by atoms with Crippen LogP contribution in [0.2, 0.25) is 0 Å². The quantitative estimate of drug-likeness (QED) is 0.740. The number of aromatic nitrogens is 3. The number of nitrogens with one attached hydrogen (secondary N) is 1. The van der Waals surface area contributed by atoms with Gasteiger partial charge in [-0.3, -0.25) is 14.9 Å². The van der Waals surface area contributed by atoms with E-state index in [4.69, 9.17) is 4.74 Å². The van der Waals surface area contributed by atoms with Gasteiger partial charge in [0.15, 0.2) is 0 Å². The van der Waals surface area contributed by atoms with Crippen molar-refractivity contribution in [2.75, 3.05) is 14.2 Å².